The average Bonchev–Trinajstić information content (AvgIpc) is 2.19. The van der Waals surface area contributed by atoms with Gasteiger partial charge in [0.15, 0.2) is 0 Å². The van der Waals surface area contributed by atoms with Crippen molar-refractivity contribution in [3.05, 3.63) is 0 Å². The molecule has 0 unspecified atom stereocenters. The van der Waals surface area contributed by atoms with E-state index >= 15 is 0 Å². The summed E-state index contributed by atoms with van der Waals surface area (Å²) >= 11 is 3.91. The van der Waals surface area contributed by atoms with Crippen LogP contribution in [0.3, 0.4) is 0 Å². The van der Waals surface area contributed by atoms with E-state index in [2.05, 4.69) is 18.8 Å². The normalized spacial score (nSPS) is 9.71. The third kappa shape index (κ3) is 9.90. The Morgan fingerprint density at radius 3 is 1.79 bits per heavy atom. The van der Waals surface area contributed by atoms with Crippen molar-refractivity contribution in [3.8, 4) is 24.7 Å². The summed E-state index contributed by atoms with van der Waals surface area (Å²) in [6.07, 6.45) is 12.1. The van der Waals surface area contributed by atoms with Crippen LogP contribution < -0.4 is 0 Å². The second-order valence-electron chi connectivity index (χ2n) is 3.16. The third-order valence-corrected chi connectivity index (χ3v) is 4.18. The zero-order valence-corrected chi connectivity index (χ0v) is 10.4. The van der Waals surface area contributed by atoms with Crippen molar-refractivity contribution in [2.24, 2.45) is 5.92 Å². The van der Waals surface area contributed by atoms with Gasteiger partial charge in [-0.2, -0.15) is 23.5 Å². The third-order valence-electron chi connectivity index (χ3n) is 1.59. The molecule has 0 radical (unpaired) electrons. The number of thioether (sulfide) groups is 2. The number of hydrogen-bond acceptors (Lipinski definition) is 2. The molecule has 0 heterocycles. The van der Waals surface area contributed by atoms with Crippen molar-refractivity contribution >= 4 is 23.5 Å². The Balaban J connectivity index is 3.16. The lowest BCUT2D eigenvalue weighted by Gasteiger charge is -2.09. The summed E-state index contributed by atoms with van der Waals surface area (Å²) in [6, 6.07) is 0. The molecule has 2 heteroatoms. The van der Waals surface area contributed by atoms with Gasteiger partial charge < -0.3 is 0 Å². The first kappa shape index (κ1) is 13.8. The molecule has 0 bridgehead atoms. The van der Waals surface area contributed by atoms with Gasteiger partial charge in [0.1, 0.15) is 0 Å². The van der Waals surface area contributed by atoms with Gasteiger partial charge in [-0.3, -0.25) is 0 Å². The lowest BCUT2D eigenvalue weighted by molar-refractivity contribution is 0.764. The highest BCUT2D eigenvalue weighted by molar-refractivity contribution is 8.00. The Bertz CT molecular complexity index is 175. The van der Waals surface area contributed by atoms with Crippen LogP contribution in [-0.4, -0.2) is 23.0 Å². The molecular formula is C12H18S2. The molecule has 78 valence electrons. The van der Waals surface area contributed by atoms with Crippen molar-refractivity contribution in [1.82, 2.24) is 0 Å². The van der Waals surface area contributed by atoms with E-state index in [9.17, 15) is 0 Å². The lowest BCUT2D eigenvalue weighted by Crippen LogP contribution is -2.02. The van der Waals surface area contributed by atoms with Crippen LogP contribution in [0.2, 0.25) is 0 Å². The van der Waals surface area contributed by atoms with E-state index in [1.165, 1.54) is 11.5 Å². The van der Waals surface area contributed by atoms with Gasteiger partial charge in [0, 0.05) is 24.3 Å². The summed E-state index contributed by atoms with van der Waals surface area (Å²) in [5.41, 5.74) is 0. The van der Waals surface area contributed by atoms with Gasteiger partial charge in [0.25, 0.3) is 0 Å². The van der Waals surface area contributed by atoms with Crippen molar-refractivity contribution in [1.29, 1.82) is 0 Å². The minimum absolute atomic E-state index is 0.764. The Morgan fingerprint density at radius 2 is 1.43 bits per heavy atom. The molecule has 0 aromatic rings. The molecule has 0 fully saturated rings. The van der Waals surface area contributed by atoms with Crippen LogP contribution in [-0.2, 0) is 0 Å². The van der Waals surface area contributed by atoms with Gasteiger partial charge in [-0.25, -0.2) is 0 Å². The van der Waals surface area contributed by atoms with Gasteiger partial charge in [-0.05, 0) is 17.4 Å². The van der Waals surface area contributed by atoms with Gasteiger partial charge in [0.2, 0.25) is 0 Å². The fourth-order valence-corrected chi connectivity index (χ4v) is 2.93. The van der Waals surface area contributed by atoms with Crippen molar-refractivity contribution in [3.63, 3.8) is 0 Å². The molecule has 0 rings (SSSR count). The fourth-order valence-electron chi connectivity index (χ4n) is 0.879. The van der Waals surface area contributed by atoms with Crippen LogP contribution in [0, 0.1) is 30.6 Å². The maximum atomic E-state index is 5.17. The minimum atomic E-state index is 0.764. The first-order valence-corrected chi connectivity index (χ1v) is 7.14. The number of rotatable bonds is 8. The van der Waals surface area contributed by atoms with E-state index in [0.29, 0.717) is 0 Å². The van der Waals surface area contributed by atoms with E-state index in [1.807, 2.05) is 23.5 Å². The number of hydrogen-bond donors (Lipinski definition) is 0. The van der Waals surface area contributed by atoms with E-state index in [-0.39, 0.29) is 0 Å². The monoisotopic (exact) mass is 226 g/mol. The molecule has 0 saturated heterocycles. The molecule has 0 spiro atoms. The van der Waals surface area contributed by atoms with E-state index in [1.54, 1.807) is 0 Å². The van der Waals surface area contributed by atoms with Gasteiger partial charge in [-0.1, -0.05) is 6.92 Å². The zero-order valence-electron chi connectivity index (χ0n) is 8.79. The van der Waals surface area contributed by atoms with Crippen molar-refractivity contribution < 1.29 is 0 Å². The first-order chi connectivity index (χ1) is 6.81. The maximum Gasteiger partial charge on any atom is 0.0177 e. The molecule has 0 saturated carbocycles. The van der Waals surface area contributed by atoms with E-state index in [0.717, 1.165) is 30.3 Å². The minimum Gasteiger partial charge on any atom is -0.161 e. The average molecular weight is 226 g/mol. The molecule has 0 nitrogen and oxygen atoms in total. The summed E-state index contributed by atoms with van der Waals surface area (Å²) in [5.74, 6) is 10.7. The van der Waals surface area contributed by atoms with Crippen molar-refractivity contribution in [2.45, 2.75) is 19.8 Å². The predicted molar refractivity (Wildman–Crippen MR) is 70.7 cm³/mol. The van der Waals surface area contributed by atoms with Crippen LogP contribution in [0.25, 0.3) is 0 Å². The molecule has 14 heavy (non-hydrogen) atoms. The quantitative estimate of drug-likeness (QED) is 0.461. The number of terminal acetylenes is 2. The zero-order chi connectivity index (χ0) is 10.6. The Labute approximate surface area is 97.0 Å². The maximum absolute atomic E-state index is 5.17. The van der Waals surface area contributed by atoms with Crippen molar-refractivity contribution in [2.75, 3.05) is 23.0 Å². The first-order valence-electron chi connectivity index (χ1n) is 4.83. The molecule has 0 aromatic heterocycles. The molecule has 0 amide bonds. The standard InChI is InChI=1S/C12H18S2/c1-4-6-8-13-10-12(3)11-14-9-7-5-2/h1-2,12H,6-11H2,3H3. The summed E-state index contributed by atoms with van der Waals surface area (Å²) < 4.78 is 0. The molecule has 0 aliphatic heterocycles. The van der Waals surface area contributed by atoms with Crippen LogP contribution in [0.1, 0.15) is 19.8 Å². The van der Waals surface area contributed by atoms with E-state index < -0.39 is 0 Å². The van der Waals surface area contributed by atoms with E-state index in [4.69, 9.17) is 12.8 Å². The molecule has 0 aliphatic carbocycles. The lowest BCUT2D eigenvalue weighted by atomic mass is 10.3. The smallest absolute Gasteiger partial charge is 0.0177 e. The highest BCUT2D eigenvalue weighted by Crippen LogP contribution is 2.15. The Hall–Kier alpha value is -0.180. The summed E-state index contributed by atoms with van der Waals surface area (Å²) in [4.78, 5) is 0. The SMILES string of the molecule is C#CCCSCC(C)CSCCC#C. The fraction of sp³-hybridized carbons (Fsp3) is 0.667. The summed E-state index contributed by atoms with van der Waals surface area (Å²) in [5, 5.41) is 0. The summed E-state index contributed by atoms with van der Waals surface area (Å²) in [6.45, 7) is 2.28. The molecule has 0 N–H and O–H groups in total. The highest BCUT2D eigenvalue weighted by Gasteiger charge is 2.01. The summed E-state index contributed by atoms with van der Waals surface area (Å²) in [7, 11) is 0. The Kier molecular flexibility index (Phi) is 10.8. The van der Waals surface area contributed by atoms with Crippen LogP contribution in [0.15, 0.2) is 0 Å². The Morgan fingerprint density at radius 1 is 1.00 bits per heavy atom. The second kappa shape index (κ2) is 10.9. The molecule has 0 aliphatic rings. The second-order valence-corrected chi connectivity index (χ2v) is 5.46. The molecule has 0 atom stereocenters. The van der Waals surface area contributed by atoms with Gasteiger partial charge in [0.05, 0.1) is 0 Å². The topological polar surface area (TPSA) is 0 Å². The van der Waals surface area contributed by atoms with Gasteiger partial charge >= 0.3 is 0 Å². The van der Waals surface area contributed by atoms with Crippen LogP contribution in [0.5, 0.6) is 0 Å². The van der Waals surface area contributed by atoms with Crippen LogP contribution in [0.4, 0.5) is 0 Å². The highest BCUT2D eigenvalue weighted by atomic mass is 32.2. The predicted octanol–water partition coefficient (Wildman–Crippen LogP) is 3.14. The molecule has 0 aromatic carbocycles. The largest absolute Gasteiger partial charge is 0.161 e. The van der Waals surface area contributed by atoms with Gasteiger partial charge in [-0.15, -0.1) is 24.7 Å². The molecular weight excluding hydrogens is 208 g/mol. The van der Waals surface area contributed by atoms with Crippen LogP contribution >= 0.6 is 23.5 Å².